The molecule has 0 bridgehead atoms. The molecule has 4 aromatic rings. The summed E-state index contributed by atoms with van der Waals surface area (Å²) in [5.41, 5.74) is 5.53. The third-order valence-corrected chi connectivity index (χ3v) is 8.30. The highest BCUT2D eigenvalue weighted by molar-refractivity contribution is 5.94. The molecule has 44 heavy (non-hydrogen) atoms. The Labute approximate surface area is 247 Å². The number of nitrogens with two attached hydrogens (primary N) is 1. The van der Waals surface area contributed by atoms with Crippen LogP contribution in [0.1, 0.15) is 63.4 Å². The van der Waals surface area contributed by atoms with E-state index < -0.39 is 53.7 Å². The molecule has 0 radical (unpaired) electrons. The van der Waals surface area contributed by atoms with Crippen LogP contribution in [0.2, 0.25) is 0 Å². The van der Waals surface area contributed by atoms with Crippen LogP contribution in [0.25, 0.3) is 11.1 Å². The second-order valence-electron chi connectivity index (χ2n) is 11.1. The van der Waals surface area contributed by atoms with E-state index in [1.54, 1.807) is 12.1 Å². The number of halogens is 6. The molecule has 13 heteroatoms. The molecule has 228 valence electrons. The zero-order valence-electron chi connectivity index (χ0n) is 23.0. The zero-order valence-corrected chi connectivity index (χ0v) is 23.0. The molecule has 0 saturated heterocycles. The Morgan fingerprint density at radius 2 is 1.80 bits per heavy atom. The lowest BCUT2D eigenvalue weighted by Crippen LogP contribution is -2.35. The van der Waals surface area contributed by atoms with Crippen LogP contribution >= 0.6 is 0 Å². The van der Waals surface area contributed by atoms with Gasteiger partial charge in [-0.1, -0.05) is 12.1 Å². The number of alkyl halides is 3. The Balaban J connectivity index is 1.37. The van der Waals surface area contributed by atoms with Gasteiger partial charge < -0.3 is 11.1 Å². The van der Waals surface area contributed by atoms with Gasteiger partial charge in [0.1, 0.15) is 24.0 Å². The monoisotopic (exact) mass is 613 g/mol. The minimum absolute atomic E-state index is 0.0890. The SMILES string of the molecule is NC(=O)c1cc(-c2cccnc2C(Cc2cc(F)cc(F)c2)NC(=O)Cn2nc(C(F)(F)F)c3c2C2CCC2C3)ccc1F. The number of fused-ring (bicyclic) bond motifs is 3. The Hall–Kier alpha value is -4.68. The third-order valence-electron chi connectivity index (χ3n) is 8.30. The van der Waals surface area contributed by atoms with Crippen molar-refractivity contribution in [1.82, 2.24) is 20.1 Å². The van der Waals surface area contributed by atoms with Gasteiger partial charge in [0, 0.05) is 35.0 Å². The number of benzene rings is 2. The normalized spacial score (nSPS) is 17.9. The highest BCUT2D eigenvalue weighted by Gasteiger charge is 2.49. The average molecular weight is 614 g/mol. The number of hydrogen-bond acceptors (Lipinski definition) is 4. The van der Waals surface area contributed by atoms with E-state index in [4.69, 9.17) is 5.73 Å². The quantitative estimate of drug-likeness (QED) is 0.252. The predicted octanol–water partition coefficient (Wildman–Crippen LogP) is 5.63. The molecule has 3 unspecified atom stereocenters. The van der Waals surface area contributed by atoms with E-state index >= 15 is 0 Å². The first-order valence-corrected chi connectivity index (χ1v) is 13.8. The van der Waals surface area contributed by atoms with Gasteiger partial charge >= 0.3 is 6.18 Å². The van der Waals surface area contributed by atoms with Gasteiger partial charge in [-0.15, -0.1) is 0 Å². The molecular weight excluding hydrogens is 588 g/mol. The summed E-state index contributed by atoms with van der Waals surface area (Å²) in [6.07, 6.45) is -1.66. The van der Waals surface area contributed by atoms with Crippen molar-refractivity contribution < 1.29 is 35.9 Å². The number of primary amides is 1. The van der Waals surface area contributed by atoms with Gasteiger partial charge in [-0.25, -0.2) is 13.2 Å². The summed E-state index contributed by atoms with van der Waals surface area (Å²) < 4.78 is 85.0. The van der Waals surface area contributed by atoms with E-state index in [9.17, 15) is 35.9 Å². The second-order valence-corrected chi connectivity index (χ2v) is 11.1. The molecule has 7 nitrogen and oxygen atoms in total. The van der Waals surface area contributed by atoms with Gasteiger partial charge in [0.05, 0.1) is 17.3 Å². The predicted molar refractivity (Wildman–Crippen MR) is 145 cm³/mol. The number of carbonyl (C=O) groups excluding carboxylic acids is 2. The molecule has 2 aromatic carbocycles. The van der Waals surface area contributed by atoms with Crippen LogP contribution in [0.5, 0.6) is 0 Å². The van der Waals surface area contributed by atoms with Crippen LogP contribution in [-0.2, 0) is 30.4 Å². The molecule has 2 amide bonds. The molecule has 2 heterocycles. The van der Waals surface area contributed by atoms with Crippen molar-refractivity contribution in [1.29, 1.82) is 0 Å². The Bertz CT molecular complexity index is 1770. The summed E-state index contributed by atoms with van der Waals surface area (Å²) in [4.78, 5) is 29.7. The molecule has 2 aromatic heterocycles. The third kappa shape index (κ3) is 5.53. The summed E-state index contributed by atoms with van der Waals surface area (Å²) in [5.74, 6) is -4.27. The van der Waals surface area contributed by atoms with Gasteiger partial charge in [0.25, 0.3) is 5.91 Å². The first-order chi connectivity index (χ1) is 20.9. The number of nitrogens with one attached hydrogen (secondary N) is 1. The smallest absolute Gasteiger partial charge is 0.366 e. The summed E-state index contributed by atoms with van der Waals surface area (Å²) in [6, 6.07) is 8.62. The summed E-state index contributed by atoms with van der Waals surface area (Å²) >= 11 is 0. The van der Waals surface area contributed by atoms with Crippen LogP contribution in [-0.4, -0.2) is 26.6 Å². The van der Waals surface area contributed by atoms with E-state index in [0.717, 1.165) is 29.3 Å². The van der Waals surface area contributed by atoms with Gasteiger partial charge in [-0.05, 0) is 73.1 Å². The molecule has 3 atom stereocenters. The van der Waals surface area contributed by atoms with Crippen molar-refractivity contribution in [2.24, 2.45) is 11.7 Å². The van der Waals surface area contributed by atoms with Gasteiger partial charge in [0.15, 0.2) is 5.69 Å². The lowest BCUT2D eigenvalue weighted by atomic mass is 9.75. The van der Waals surface area contributed by atoms with Crippen LogP contribution in [0, 0.1) is 23.4 Å². The molecule has 2 aliphatic carbocycles. The summed E-state index contributed by atoms with van der Waals surface area (Å²) in [6.45, 7) is -0.528. The minimum Gasteiger partial charge on any atom is -0.366 e. The maximum atomic E-state index is 14.2. The van der Waals surface area contributed by atoms with Crippen LogP contribution in [0.4, 0.5) is 26.3 Å². The molecule has 6 rings (SSSR count). The number of amides is 2. The Morgan fingerprint density at radius 3 is 2.45 bits per heavy atom. The number of nitrogens with zero attached hydrogens (tertiary/aromatic N) is 3. The highest BCUT2D eigenvalue weighted by Crippen LogP contribution is 2.53. The number of aromatic nitrogens is 3. The van der Waals surface area contributed by atoms with Gasteiger partial charge in [-0.3, -0.25) is 19.3 Å². The van der Waals surface area contributed by atoms with E-state index in [2.05, 4.69) is 15.4 Å². The Kier molecular flexibility index (Phi) is 7.42. The first kappa shape index (κ1) is 29.4. The van der Waals surface area contributed by atoms with E-state index in [1.165, 1.54) is 18.3 Å². The van der Waals surface area contributed by atoms with E-state index in [-0.39, 0.29) is 47.1 Å². The Morgan fingerprint density at radius 1 is 1.05 bits per heavy atom. The van der Waals surface area contributed by atoms with Crippen molar-refractivity contribution in [2.45, 2.75) is 50.4 Å². The fourth-order valence-electron chi connectivity index (χ4n) is 6.29. The molecule has 3 N–H and O–H groups in total. The number of rotatable bonds is 8. The van der Waals surface area contributed by atoms with Crippen LogP contribution < -0.4 is 11.1 Å². The topological polar surface area (TPSA) is 103 Å². The number of hydrogen-bond donors (Lipinski definition) is 2. The van der Waals surface area contributed by atoms with Crippen molar-refractivity contribution in [2.75, 3.05) is 0 Å². The molecule has 2 aliphatic rings. The van der Waals surface area contributed by atoms with E-state index in [0.29, 0.717) is 29.3 Å². The first-order valence-electron chi connectivity index (χ1n) is 13.8. The molecule has 0 aliphatic heterocycles. The maximum Gasteiger partial charge on any atom is 0.435 e. The zero-order chi connectivity index (χ0) is 31.3. The minimum atomic E-state index is -4.68. The van der Waals surface area contributed by atoms with Crippen molar-refractivity contribution >= 4 is 11.8 Å². The lowest BCUT2D eigenvalue weighted by molar-refractivity contribution is -0.142. The van der Waals surface area contributed by atoms with Crippen molar-refractivity contribution in [3.8, 4) is 11.1 Å². The fraction of sp³-hybridized carbons (Fsp3) is 0.290. The van der Waals surface area contributed by atoms with Gasteiger partial charge in [0.2, 0.25) is 5.91 Å². The van der Waals surface area contributed by atoms with Crippen LogP contribution in [0.3, 0.4) is 0 Å². The van der Waals surface area contributed by atoms with Crippen molar-refractivity contribution in [3.05, 3.63) is 106 Å². The highest BCUT2D eigenvalue weighted by atomic mass is 19.4. The molecule has 1 saturated carbocycles. The van der Waals surface area contributed by atoms with Crippen LogP contribution in [0.15, 0.2) is 54.7 Å². The fourth-order valence-corrected chi connectivity index (χ4v) is 6.29. The molecule has 1 fully saturated rings. The largest absolute Gasteiger partial charge is 0.435 e. The number of carbonyl (C=O) groups is 2. The molecular formula is C31H25F6N5O2. The average Bonchev–Trinajstić information content (AvgIpc) is 3.40. The second kappa shape index (κ2) is 11.1. The standard InChI is InChI=1S/C31H25F6N5O2/c32-18-8-15(9-19(33)13-18)10-25(27-20(2-1-7-39-27)16-4-6-24(34)22(11-16)30(38)44)40-26(43)14-42-28-21-5-3-17(21)12-23(28)29(41-42)31(35,36)37/h1-2,4,6-9,11,13,17,21,25H,3,5,10,12,14H2,(H2,38,44)(H,40,43). The summed E-state index contributed by atoms with van der Waals surface area (Å²) in [7, 11) is 0. The lowest BCUT2D eigenvalue weighted by Gasteiger charge is -2.31. The number of pyridine rings is 1. The molecule has 0 spiro atoms. The van der Waals surface area contributed by atoms with Gasteiger partial charge in [-0.2, -0.15) is 18.3 Å². The summed E-state index contributed by atoms with van der Waals surface area (Å²) in [5, 5.41) is 6.54. The van der Waals surface area contributed by atoms with Crippen molar-refractivity contribution in [3.63, 3.8) is 0 Å². The maximum absolute atomic E-state index is 14.2. The van der Waals surface area contributed by atoms with E-state index in [1.807, 2.05) is 0 Å².